The van der Waals surface area contributed by atoms with Gasteiger partial charge in [0.1, 0.15) is 17.2 Å². The second-order valence-corrected chi connectivity index (χ2v) is 9.47. The topological polar surface area (TPSA) is 91.6 Å². The van der Waals surface area contributed by atoms with Crippen LogP contribution in [0, 0.1) is 17.2 Å². The normalized spacial score (nSPS) is 30.3. The van der Waals surface area contributed by atoms with E-state index in [1.165, 1.54) is 21.6 Å². The van der Waals surface area contributed by atoms with Crippen molar-refractivity contribution in [3.63, 3.8) is 0 Å². The molecule has 2 amide bonds. The predicted octanol–water partition coefficient (Wildman–Crippen LogP) is 2.11. The molecule has 4 aliphatic rings. The molecule has 160 valence electrons. The summed E-state index contributed by atoms with van der Waals surface area (Å²) in [6.45, 7) is 2.65. The first kappa shape index (κ1) is 18.6. The van der Waals surface area contributed by atoms with Crippen molar-refractivity contribution in [3.05, 3.63) is 62.8 Å². The lowest BCUT2D eigenvalue weighted by molar-refractivity contribution is 0.0720. The number of nitrogens with one attached hydrogen (secondary N) is 1. The van der Waals surface area contributed by atoms with Gasteiger partial charge in [-0.3, -0.25) is 19.0 Å². The van der Waals surface area contributed by atoms with E-state index >= 15 is 0 Å². The Morgan fingerprint density at radius 3 is 2.61 bits per heavy atom. The molecule has 2 aromatic rings. The highest BCUT2D eigenvalue weighted by Crippen LogP contribution is 2.70. The Bertz CT molecular complexity index is 1230. The smallest absolute Gasteiger partial charge is 0.296 e. The number of carbonyl (C=O) groups excluding carboxylic acids is 2. The lowest BCUT2D eigenvalue weighted by atomic mass is 9.91. The molecule has 2 unspecified atom stereocenters. The van der Waals surface area contributed by atoms with E-state index in [2.05, 4.69) is 12.2 Å². The molecule has 8 heteroatoms. The summed E-state index contributed by atoms with van der Waals surface area (Å²) in [4.78, 5) is 41.1. The van der Waals surface area contributed by atoms with E-state index in [1.54, 1.807) is 12.1 Å². The van der Waals surface area contributed by atoms with E-state index in [4.69, 9.17) is 0 Å². The third kappa shape index (κ3) is 2.20. The molecule has 1 aromatic heterocycles. The first-order chi connectivity index (χ1) is 14.8. The van der Waals surface area contributed by atoms with Gasteiger partial charge < -0.3 is 15.3 Å². The number of hydrogen-bond acceptors (Lipinski definition) is 4. The zero-order chi connectivity index (χ0) is 21.7. The van der Waals surface area contributed by atoms with Crippen LogP contribution < -0.4 is 10.9 Å². The number of benzene rings is 1. The maximum atomic E-state index is 13.3. The molecule has 3 heterocycles. The van der Waals surface area contributed by atoms with Crippen molar-refractivity contribution < 1.29 is 19.1 Å². The fourth-order valence-corrected chi connectivity index (χ4v) is 6.18. The molecule has 2 aliphatic heterocycles. The van der Waals surface area contributed by atoms with Gasteiger partial charge in [-0.05, 0) is 49.3 Å². The minimum absolute atomic E-state index is 0.0766. The van der Waals surface area contributed by atoms with Gasteiger partial charge in [0.25, 0.3) is 17.4 Å². The number of pyridine rings is 1. The zero-order valence-electron chi connectivity index (χ0n) is 17.1. The molecule has 1 aromatic carbocycles. The minimum atomic E-state index is -0.817. The Balaban J connectivity index is 1.46. The Labute approximate surface area is 177 Å². The second-order valence-electron chi connectivity index (χ2n) is 9.47. The fraction of sp³-hybridized carbons (Fsp3) is 0.435. The average Bonchev–Trinajstić information content (AvgIpc) is 3.22. The summed E-state index contributed by atoms with van der Waals surface area (Å²) in [7, 11) is 0. The quantitative estimate of drug-likeness (QED) is 0.774. The van der Waals surface area contributed by atoms with Crippen molar-refractivity contribution in [2.24, 2.45) is 11.3 Å². The van der Waals surface area contributed by atoms with Gasteiger partial charge in [-0.25, -0.2) is 4.39 Å². The van der Waals surface area contributed by atoms with Crippen LogP contribution in [0.4, 0.5) is 4.39 Å². The lowest BCUT2D eigenvalue weighted by Gasteiger charge is -2.36. The van der Waals surface area contributed by atoms with Gasteiger partial charge >= 0.3 is 0 Å². The van der Waals surface area contributed by atoms with Crippen LogP contribution in [0.1, 0.15) is 58.2 Å². The van der Waals surface area contributed by atoms with Crippen molar-refractivity contribution in [2.75, 3.05) is 6.54 Å². The summed E-state index contributed by atoms with van der Waals surface area (Å²) in [6.07, 6.45) is 2.86. The Morgan fingerprint density at radius 2 is 1.97 bits per heavy atom. The van der Waals surface area contributed by atoms with E-state index in [9.17, 15) is 23.9 Å². The average molecular weight is 423 g/mol. The number of fused-ring (bicyclic) bond motifs is 6. The molecule has 2 saturated carbocycles. The number of rotatable bonds is 2. The first-order valence-electron chi connectivity index (χ1n) is 10.6. The van der Waals surface area contributed by atoms with Gasteiger partial charge in [-0.2, -0.15) is 0 Å². The van der Waals surface area contributed by atoms with Crippen LogP contribution in [0.25, 0.3) is 0 Å². The molecule has 0 saturated heterocycles. The molecular weight excluding hydrogens is 401 g/mol. The Morgan fingerprint density at radius 1 is 1.23 bits per heavy atom. The highest BCUT2D eigenvalue weighted by Gasteiger charge is 2.72. The molecule has 0 bridgehead atoms. The SMILES string of the molecule is CC12C[C@@H]1CCC21NC(=O)c2c3c(c(O)c(=O)n21)C(=O)N(Cc1ccc(F)cc1)CC3. The van der Waals surface area contributed by atoms with Gasteiger partial charge in [0.15, 0.2) is 5.75 Å². The van der Waals surface area contributed by atoms with E-state index in [0.29, 0.717) is 30.9 Å². The van der Waals surface area contributed by atoms with Crippen LogP contribution in [0.5, 0.6) is 5.75 Å². The molecule has 2 fully saturated rings. The van der Waals surface area contributed by atoms with E-state index in [-0.39, 0.29) is 34.9 Å². The van der Waals surface area contributed by atoms with Gasteiger partial charge in [-0.15, -0.1) is 0 Å². The number of halogens is 1. The highest BCUT2D eigenvalue weighted by molar-refractivity contribution is 6.05. The van der Waals surface area contributed by atoms with Gasteiger partial charge in [0.05, 0.1) is 5.56 Å². The summed E-state index contributed by atoms with van der Waals surface area (Å²) in [5.41, 5.74) is -0.370. The monoisotopic (exact) mass is 423 g/mol. The molecule has 6 rings (SSSR count). The van der Waals surface area contributed by atoms with Crippen LogP contribution in [-0.4, -0.2) is 32.9 Å². The molecule has 7 nitrogen and oxygen atoms in total. The maximum Gasteiger partial charge on any atom is 0.296 e. The second kappa shape index (κ2) is 5.75. The summed E-state index contributed by atoms with van der Waals surface area (Å²) in [6, 6.07) is 5.84. The Hall–Kier alpha value is -3.16. The molecule has 31 heavy (non-hydrogen) atoms. The van der Waals surface area contributed by atoms with Crippen molar-refractivity contribution in [2.45, 2.75) is 44.8 Å². The van der Waals surface area contributed by atoms with Crippen molar-refractivity contribution in [1.29, 1.82) is 0 Å². The molecule has 2 N–H and O–H groups in total. The largest absolute Gasteiger partial charge is 0.502 e. The standard InChI is InChI=1S/C23H22FN3O4/c1-22-10-13(22)6-8-23(22)25-19(29)17-15-7-9-26(11-12-2-4-14(24)5-3-12)20(30)16(15)18(28)21(31)27(17)23/h2-5,13,28H,6-11H2,1H3,(H,25,29)/t13-,22?,23?/m0/s1. The van der Waals surface area contributed by atoms with E-state index in [0.717, 1.165) is 18.4 Å². The number of hydrogen-bond donors (Lipinski definition) is 2. The third-order valence-corrected chi connectivity index (χ3v) is 8.00. The van der Waals surface area contributed by atoms with Crippen molar-refractivity contribution in [3.8, 4) is 5.75 Å². The van der Waals surface area contributed by atoms with Crippen LogP contribution in [0.2, 0.25) is 0 Å². The lowest BCUT2D eigenvalue weighted by Crippen LogP contribution is -2.52. The molecule has 0 radical (unpaired) electrons. The van der Waals surface area contributed by atoms with Crippen LogP contribution >= 0.6 is 0 Å². The maximum absolute atomic E-state index is 13.3. The summed E-state index contributed by atoms with van der Waals surface area (Å²) in [5.74, 6) is -1.33. The van der Waals surface area contributed by atoms with Crippen molar-refractivity contribution in [1.82, 2.24) is 14.8 Å². The number of aromatic hydroxyl groups is 1. The van der Waals surface area contributed by atoms with Crippen LogP contribution in [0.15, 0.2) is 29.1 Å². The zero-order valence-corrected chi connectivity index (χ0v) is 17.1. The molecular formula is C23H22FN3O4. The number of amides is 2. The van der Waals surface area contributed by atoms with Crippen LogP contribution in [0.3, 0.4) is 0 Å². The molecule has 1 spiro atoms. The summed E-state index contributed by atoms with van der Waals surface area (Å²) in [5, 5.41) is 13.9. The fourth-order valence-electron chi connectivity index (χ4n) is 6.18. The highest BCUT2D eigenvalue weighted by atomic mass is 19.1. The van der Waals surface area contributed by atoms with Crippen molar-refractivity contribution >= 4 is 11.8 Å². The van der Waals surface area contributed by atoms with Gasteiger partial charge in [0.2, 0.25) is 0 Å². The van der Waals surface area contributed by atoms with E-state index < -0.39 is 22.9 Å². The predicted molar refractivity (Wildman–Crippen MR) is 108 cm³/mol. The molecule has 3 atom stereocenters. The number of aromatic nitrogens is 1. The number of carbonyl (C=O) groups is 2. The third-order valence-electron chi connectivity index (χ3n) is 8.00. The van der Waals surface area contributed by atoms with Gasteiger partial charge in [-0.1, -0.05) is 19.1 Å². The van der Waals surface area contributed by atoms with E-state index in [1.807, 2.05) is 0 Å². The van der Waals surface area contributed by atoms with Gasteiger partial charge in [0, 0.05) is 24.1 Å². The summed E-state index contributed by atoms with van der Waals surface area (Å²) < 4.78 is 14.7. The Kier molecular flexibility index (Phi) is 3.45. The number of nitrogens with zero attached hydrogens (tertiary/aromatic N) is 2. The first-order valence-corrected chi connectivity index (χ1v) is 10.6. The minimum Gasteiger partial charge on any atom is -0.502 e. The summed E-state index contributed by atoms with van der Waals surface area (Å²) >= 11 is 0. The van der Waals surface area contributed by atoms with Crippen LogP contribution in [-0.2, 0) is 18.6 Å². The molecule has 2 aliphatic carbocycles.